The molecule has 0 radical (unpaired) electrons. The summed E-state index contributed by atoms with van der Waals surface area (Å²) in [6.45, 7) is 0.556. The first-order valence-corrected chi connectivity index (χ1v) is 8.88. The van der Waals surface area contributed by atoms with Crippen LogP contribution in [-0.4, -0.2) is 37.0 Å². The van der Waals surface area contributed by atoms with Gasteiger partial charge in [0, 0.05) is 20.0 Å². The smallest absolute Gasteiger partial charge is 0.273 e. The molecule has 0 saturated heterocycles. The van der Waals surface area contributed by atoms with Crippen molar-refractivity contribution in [3.63, 3.8) is 0 Å². The molecule has 2 aromatic heterocycles. The van der Waals surface area contributed by atoms with E-state index in [1.54, 1.807) is 10.9 Å². The number of rotatable bonds is 6. The van der Waals surface area contributed by atoms with Gasteiger partial charge < -0.3 is 9.88 Å². The Morgan fingerprint density at radius 3 is 2.67 bits per heavy atom. The van der Waals surface area contributed by atoms with Crippen LogP contribution in [0.3, 0.4) is 0 Å². The summed E-state index contributed by atoms with van der Waals surface area (Å²) in [6, 6.07) is 17.6. The molecule has 7 nitrogen and oxygen atoms in total. The van der Waals surface area contributed by atoms with Gasteiger partial charge in [0.25, 0.3) is 5.91 Å². The van der Waals surface area contributed by atoms with Crippen molar-refractivity contribution in [1.29, 1.82) is 0 Å². The van der Waals surface area contributed by atoms with Crippen molar-refractivity contribution in [3.05, 3.63) is 72.3 Å². The summed E-state index contributed by atoms with van der Waals surface area (Å²) in [7, 11) is 2.02. The maximum Gasteiger partial charge on any atom is 0.273 e. The van der Waals surface area contributed by atoms with Gasteiger partial charge in [-0.2, -0.15) is 0 Å². The van der Waals surface area contributed by atoms with Crippen LogP contribution in [0.5, 0.6) is 0 Å². The summed E-state index contributed by atoms with van der Waals surface area (Å²) in [5.74, 6) is 0.794. The van der Waals surface area contributed by atoms with Gasteiger partial charge in [0.2, 0.25) is 0 Å². The highest BCUT2D eigenvalue weighted by Crippen LogP contribution is 2.15. The summed E-state index contributed by atoms with van der Waals surface area (Å²) >= 11 is 0. The van der Waals surface area contributed by atoms with E-state index >= 15 is 0 Å². The van der Waals surface area contributed by atoms with Crippen LogP contribution in [0, 0.1) is 0 Å². The van der Waals surface area contributed by atoms with E-state index in [2.05, 4.69) is 31.2 Å². The number of benzene rings is 2. The highest BCUT2D eigenvalue weighted by molar-refractivity contribution is 5.91. The van der Waals surface area contributed by atoms with E-state index in [0.29, 0.717) is 12.2 Å². The lowest BCUT2D eigenvalue weighted by molar-refractivity contribution is 0.0948. The van der Waals surface area contributed by atoms with E-state index in [1.807, 2.05) is 55.6 Å². The van der Waals surface area contributed by atoms with Gasteiger partial charge in [-0.15, -0.1) is 5.10 Å². The fourth-order valence-electron chi connectivity index (χ4n) is 3.03. The van der Waals surface area contributed by atoms with E-state index in [9.17, 15) is 4.79 Å². The lowest BCUT2D eigenvalue weighted by Gasteiger charge is -2.04. The number of aromatic nitrogens is 5. The third kappa shape index (κ3) is 3.57. The lowest BCUT2D eigenvalue weighted by atomic mass is 10.3. The zero-order valence-corrected chi connectivity index (χ0v) is 15.0. The third-order valence-electron chi connectivity index (χ3n) is 4.49. The molecule has 0 atom stereocenters. The molecule has 0 saturated carbocycles. The zero-order chi connectivity index (χ0) is 18.6. The Morgan fingerprint density at radius 1 is 1.07 bits per heavy atom. The largest absolute Gasteiger partial charge is 0.351 e. The molecular weight excluding hydrogens is 340 g/mol. The van der Waals surface area contributed by atoms with Crippen molar-refractivity contribution in [2.45, 2.75) is 12.8 Å². The van der Waals surface area contributed by atoms with Crippen LogP contribution in [0.1, 0.15) is 22.7 Å². The van der Waals surface area contributed by atoms with Gasteiger partial charge in [-0.3, -0.25) is 4.79 Å². The molecule has 1 amide bonds. The Bertz CT molecular complexity index is 1070. The molecule has 0 aliphatic carbocycles. The number of amides is 1. The molecule has 0 unspecified atom stereocenters. The predicted molar refractivity (Wildman–Crippen MR) is 103 cm³/mol. The number of carbonyl (C=O) groups excluding carboxylic acids is 1. The van der Waals surface area contributed by atoms with Gasteiger partial charge in [0.05, 0.1) is 22.9 Å². The highest BCUT2D eigenvalue weighted by Gasteiger charge is 2.11. The summed E-state index contributed by atoms with van der Waals surface area (Å²) in [4.78, 5) is 16.9. The standard InChI is InChI=1S/C20H20N6O/c1-25-18-11-6-5-10-16(18)22-19(25)12-7-13-21-20(27)17-14-26(24-23-17)15-8-3-2-4-9-15/h2-6,8-11,14H,7,12-13H2,1H3,(H,21,27). The Labute approximate surface area is 156 Å². The number of hydrogen-bond acceptors (Lipinski definition) is 4. The van der Waals surface area contributed by atoms with Gasteiger partial charge in [0.1, 0.15) is 5.82 Å². The molecule has 1 N–H and O–H groups in total. The molecule has 0 bridgehead atoms. The number of fused-ring (bicyclic) bond motifs is 1. The summed E-state index contributed by atoms with van der Waals surface area (Å²) in [6.07, 6.45) is 3.23. The topological polar surface area (TPSA) is 77.6 Å². The van der Waals surface area contributed by atoms with Crippen LogP contribution < -0.4 is 5.32 Å². The maximum atomic E-state index is 12.3. The zero-order valence-electron chi connectivity index (χ0n) is 15.0. The number of nitrogens with zero attached hydrogens (tertiary/aromatic N) is 5. The van der Waals surface area contributed by atoms with Gasteiger partial charge in [-0.25, -0.2) is 9.67 Å². The molecule has 4 aromatic rings. The fraction of sp³-hybridized carbons (Fsp3) is 0.200. The molecule has 2 aromatic carbocycles. The average Bonchev–Trinajstić information content (AvgIpc) is 3.32. The number of hydrogen-bond donors (Lipinski definition) is 1. The van der Waals surface area contributed by atoms with Gasteiger partial charge >= 0.3 is 0 Å². The second kappa shape index (κ2) is 7.41. The first-order chi connectivity index (χ1) is 13.2. The van der Waals surface area contributed by atoms with E-state index in [0.717, 1.165) is 35.4 Å². The Balaban J connectivity index is 1.32. The molecule has 136 valence electrons. The van der Waals surface area contributed by atoms with Gasteiger partial charge in [-0.1, -0.05) is 35.5 Å². The highest BCUT2D eigenvalue weighted by atomic mass is 16.2. The molecule has 0 aliphatic rings. The molecule has 27 heavy (non-hydrogen) atoms. The van der Waals surface area contributed by atoms with Crippen LogP contribution in [-0.2, 0) is 13.5 Å². The number of aryl methyl sites for hydroxylation is 2. The Hall–Kier alpha value is -3.48. The molecule has 7 heteroatoms. The van der Waals surface area contributed by atoms with Gasteiger partial charge in [0.15, 0.2) is 5.69 Å². The van der Waals surface area contributed by atoms with Crippen molar-refractivity contribution >= 4 is 16.9 Å². The molecule has 0 fully saturated rings. The van der Waals surface area contributed by atoms with E-state index in [1.165, 1.54) is 0 Å². The van der Waals surface area contributed by atoms with Crippen molar-refractivity contribution in [1.82, 2.24) is 29.9 Å². The van der Waals surface area contributed by atoms with Gasteiger partial charge in [-0.05, 0) is 30.7 Å². The number of para-hydroxylation sites is 3. The number of nitrogens with one attached hydrogen (secondary N) is 1. The monoisotopic (exact) mass is 360 g/mol. The minimum atomic E-state index is -0.220. The maximum absolute atomic E-state index is 12.3. The predicted octanol–water partition coefficient (Wildman–Crippen LogP) is 2.52. The van der Waals surface area contributed by atoms with Crippen molar-refractivity contribution in [2.75, 3.05) is 6.54 Å². The minimum absolute atomic E-state index is 0.220. The Kier molecular flexibility index (Phi) is 4.65. The SMILES string of the molecule is Cn1c(CCCNC(=O)c2cn(-c3ccccc3)nn2)nc2ccccc21. The van der Waals surface area contributed by atoms with E-state index in [4.69, 9.17) is 0 Å². The van der Waals surface area contributed by atoms with E-state index < -0.39 is 0 Å². The molecular formula is C20H20N6O. The molecule has 4 rings (SSSR count). The summed E-state index contributed by atoms with van der Waals surface area (Å²) < 4.78 is 3.69. The normalized spacial score (nSPS) is 11.0. The van der Waals surface area contributed by atoms with Crippen LogP contribution in [0.15, 0.2) is 60.8 Å². The lowest BCUT2D eigenvalue weighted by Crippen LogP contribution is -2.25. The molecule has 2 heterocycles. The first kappa shape index (κ1) is 17.0. The quantitative estimate of drug-likeness (QED) is 0.536. The second-order valence-corrected chi connectivity index (χ2v) is 6.32. The van der Waals surface area contributed by atoms with Crippen molar-refractivity contribution in [3.8, 4) is 5.69 Å². The summed E-state index contributed by atoms with van der Waals surface area (Å²) in [5.41, 5.74) is 3.29. The van der Waals surface area contributed by atoms with Crippen LogP contribution in [0.25, 0.3) is 16.7 Å². The average molecular weight is 360 g/mol. The second-order valence-electron chi connectivity index (χ2n) is 6.32. The minimum Gasteiger partial charge on any atom is -0.351 e. The van der Waals surface area contributed by atoms with Crippen LogP contribution >= 0.6 is 0 Å². The first-order valence-electron chi connectivity index (χ1n) is 8.88. The summed E-state index contributed by atoms with van der Waals surface area (Å²) in [5, 5.41) is 10.9. The number of imidazole rings is 1. The Morgan fingerprint density at radius 2 is 1.85 bits per heavy atom. The fourth-order valence-corrected chi connectivity index (χ4v) is 3.03. The number of carbonyl (C=O) groups is 1. The molecule has 0 spiro atoms. The van der Waals surface area contributed by atoms with Crippen LogP contribution in [0.2, 0.25) is 0 Å². The van der Waals surface area contributed by atoms with Crippen molar-refractivity contribution in [2.24, 2.45) is 7.05 Å². The third-order valence-corrected chi connectivity index (χ3v) is 4.49. The van der Waals surface area contributed by atoms with E-state index in [-0.39, 0.29) is 5.91 Å². The molecule has 0 aliphatic heterocycles. The van der Waals surface area contributed by atoms with Crippen molar-refractivity contribution < 1.29 is 4.79 Å². The van der Waals surface area contributed by atoms with Crippen LogP contribution in [0.4, 0.5) is 0 Å².